The second kappa shape index (κ2) is 7.08. The minimum Gasteiger partial charge on any atom is -0.392 e. The number of benzene rings is 1. The van der Waals surface area contributed by atoms with E-state index in [0.29, 0.717) is 12.1 Å². The van der Waals surface area contributed by atoms with Crippen LogP contribution in [0.2, 0.25) is 0 Å². The van der Waals surface area contributed by atoms with Gasteiger partial charge < -0.3 is 14.4 Å². The molecule has 2 fully saturated rings. The molecule has 0 unspecified atom stereocenters. The molecule has 2 aliphatic heterocycles. The Labute approximate surface area is 149 Å². The third-order valence-electron chi connectivity index (χ3n) is 5.85. The van der Waals surface area contributed by atoms with Crippen LogP contribution in [0.15, 0.2) is 30.5 Å². The smallest absolute Gasteiger partial charge is 0.0682 e. The molecule has 0 radical (unpaired) electrons. The van der Waals surface area contributed by atoms with Gasteiger partial charge in [0.15, 0.2) is 0 Å². The summed E-state index contributed by atoms with van der Waals surface area (Å²) in [6.07, 6.45) is 3.07. The maximum Gasteiger partial charge on any atom is 0.0682 e. The Morgan fingerprint density at radius 3 is 2.88 bits per heavy atom. The first kappa shape index (κ1) is 17.0. The quantitative estimate of drug-likeness (QED) is 0.901. The normalized spacial score (nSPS) is 27.9. The minimum atomic E-state index is -0.145. The first-order valence-corrected chi connectivity index (χ1v) is 9.37. The average Bonchev–Trinajstić information content (AvgIpc) is 3.13. The molecule has 3 heterocycles. The summed E-state index contributed by atoms with van der Waals surface area (Å²) in [6, 6.07) is 9.69. The van der Waals surface area contributed by atoms with Gasteiger partial charge in [-0.25, -0.2) is 0 Å². The molecular weight excluding hydrogens is 314 g/mol. The molecule has 0 bridgehead atoms. The maximum atomic E-state index is 9.97. The summed E-state index contributed by atoms with van der Waals surface area (Å²) in [5, 5.41) is 11.3. The number of rotatable bonds is 5. The van der Waals surface area contributed by atoms with Crippen LogP contribution in [0.5, 0.6) is 0 Å². The van der Waals surface area contributed by atoms with Crippen LogP contribution >= 0.6 is 0 Å². The highest BCUT2D eigenvalue weighted by Gasteiger charge is 2.38. The zero-order chi connectivity index (χ0) is 17.4. The lowest BCUT2D eigenvalue weighted by atomic mass is 10.1. The zero-order valence-electron chi connectivity index (χ0n) is 15.3. The SMILES string of the molecule is COCCn1cc(CN2C[C@@H]3C[C@@H](O)CN3C[C@@H]2C)c2ccccc21. The number of nitrogens with zero attached hydrogens (tertiary/aromatic N) is 3. The molecule has 1 aromatic carbocycles. The number of methoxy groups -OCH3 is 1. The fraction of sp³-hybridized carbons (Fsp3) is 0.600. The van der Waals surface area contributed by atoms with E-state index in [-0.39, 0.29) is 6.10 Å². The Morgan fingerprint density at radius 1 is 1.20 bits per heavy atom. The van der Waals surface area contributed by atoms with Gasteiger partial charge in [-0.15, -0.1) is 0 Å². The van der Waals surface area contributed by atoms with Crippen LogP contribution < -0.4 is 0 Å². The van der Waals surface area contributed by atoms with Gasteiger partial charge in [0, 0.05) is 69.0 Å². The van der Waals surface area contributed by atoms with Crippen LogP contribution in [-0.2, 0) is 17.8 Å². The summed E-state index contributed by atoms with van der Waals surface area (Å²) < 4.78 is 7.58. The van der Waals surface area contributed by atoms with E-state index in [4.69, 9.17) is 4.74 Å². The summed E-state index contributed by atoms with van der Waals surface area (Å²) in [6.45, 7) is 7.86. The van der Waals surface area contributed by atoms with Crippen molar-refractivity contribution in [2.45, 2.75) is 44.6 Å². The molecular formula is C20H29N3O2. The maximum absolute atomic E-state index is 9.97. The third kappa shape index (κ3) is 3.34. The Kier molecular flexibility index (Phi) is 4.82. The predicted octanol–water partition coefficient (Wildman–Crippen LogP) is 1.93. The molecule has 1 aromatic heterocycles. The fourth-order valence-electron chi connectivity index (χ4n) is 4.54. The van der Waals surface area contributed by atoms with Crippen LogP contribution in [0, 0.1) is 0 Å². The number of ether oxygens (including phenoxy) is 1. The summed E-state index contributed by atoms with van der Waals surface area (Å²) in [4.78, 5) is 5.05. The minimum absolute atomic E-state index is 0.145. The molecule has 5 nitrogen and oxygen atoms in total. The summed E-state index contributed by atoms with van der Waals surface area (Å²) >= 11 is 0. The van der Waals surface area contributed by atoms with Gasteiger partial charge in [-0.3, -0.25) is 9.80 Å². The van der Waals surface area contributed by atoms with E-state index in [0.717, 1.165) is 45.8 Å². The van der Waals surface area contributed by atoms with Gasteiger partial charge in [0.1, 0.15) is 0 Å². The van der Waals surface area contributed by atoms with Crippen molar-refractivity contribution in [2.24, 2.45) is 0 Å². The first-order valence-electron chi connectivity index (χ1n) is 9.37. The Balaban J connectivity index is 1.56. The Bertz CT molecular complexity index is 729. The zero-order valence-corrected chi connectivity index (χ0v) is 15.3. The van der Waals surface area contributed by atoms with Crippen LogP contribution in [0.4, 0.5) is 0 Å². The highest BCUT2D eigenvalue weighted by molar-refractivity contribution is 5.83. The molecule has 2 aliphatic rings. The van der Waals surface area contributed by atoms with Crippen LogP contribution in [0.25, 0.3) is 10.9 Å². The molecule has 4 rings (SSSR count). The van der Waals surface area contributed by atoms with E-state index in [9.17, 15) is 5.11 Å². The topological polar surface area (TPSA) is 40.9 Å². The van der Waals surface area contributed by atoms with Crippen molar-refractivity contribution in [1.82, 2.24) is 14.4 Å². The van der Waals surface area contributed by atoms with Crippen molar-refractivity contribution in [3.05, 3.63) is 36.0 Å². The number of para-hydroxylation sites is 1. The average molecular weight is 343 g/mol. The summed E-state index contributed by atoms with van der Waals surface area (Å²) in [7, 11) is 1.75. The largest absolute Gasteiger partial charge is 0.392 e. The molecule has 0 amide bonds. The van der Waals surface area contributed by atoms with Crippen LogP contribution in [0.3, 0.4) is 0 Å². The number of hydrogen-bond donors (Lipinski definition) is 1. The van der Waals surface area contributed by atoms with E-state index in [1.807, 2.05) is 0 Å². The lowest BCUT2D eigenvalue weighted by Gasteiger charge is -2.42. The predicted molar refractivity (Wildman–Crippen MR) is 99.7 cm³/mol. The van der Waals surface area contributed by atoms with Gasteiger partial charge in [-0.1, -0.05) is 18.2 Å². The molecule has 5 heteroatoms. The second-order valence-electron chi connectivity index (χ2n) is 7.63. The molecule has 0 spiro atoms. The van der Waals surface area contributed by atoms with E-state index < -0.39 is 0 Å². The fourth-order valence-corrected chi connectivity index (χ4v) is 4.54. The third-order valence-corrected chi connectivity index (χ3v) is 5.85. The summed E-state index contributed by atoms with van der Waals surface area (Å²) in [5.74, 6) is 0. The van der Waals surface area contributed by atoms with Gasteiger partial charge in [0.05, 0.1) is 12.7 Å². The van der Waals surface area contributed by atoms with Crippen molar-refractivity contribution < 1.29 is 9.84 Å². The van der Waals surface area contributed by atoms with Crippen molar-refractivity contribution in [3.63, 3.8) is 0 Å². The van der Waals surface area contributed by atoms with Gasteiger partial charge in [0.25, 0.3) is 0 Å². The molecule has 25 heavy (non-hydrogen) atoms. The highest BCUT2D eigenvalue weighted by atomic mass is 16.5. The number of piperazine rings is 1. The lowest BCUT2D eigenvalue weighted by Crippen LogP contribution is -2.54. The summed E-state index contributed by atoms with van der Waals surface area (Å²) in [5.41, 5.74) is 2.68. The molecule has 1 N–H and O–H groups in total. The number of aliphatic hydroxyl groups is 1. The van der Waals surface area contributed by atoms with Gasteiger partial charge in [0.2, 0.25) is 0 Å². The van der Waals surface area contributed by atoms with E-state index in [2.05, 4.69) is 51.8 Å². The van der Waals surface area contributed by atoms with Crippen molar-refractivity contribution >= 4 is 10.9 Å². The van der Waals surface area contributed by atoms with Crippen molar-refractivity contribution in [1.29, 1.82) is 0 Å². The Morgan fingerprint density at radius 2 is 2.04 bits per heavy atom. The van der Waals surface area contributed by atoms with Crippen molar-refractivity contribution in [2.75, 3.05) is 33.4 Å². The molecule has 3 atom stereocenters. The first-order chi connectivity index (χ1) is 12.2. The number of hydrogen-bond acceptors (Lipinski definition) is 4. The van der Waals surface area contributed by atoms with Crippen LogP contribution in [0.1, 0.15) is 18.9 Å². The Hall–Kier alpha value is -1.40. The molecule has 2 aromatic rings. The molecule has 0 saturated carbocycles. The number of fused-ring (bicyclic) bond motifs is 2. The van der Waals surface area contributed by atoms with Gasteiger partial charge in [-0.05, 0) is 25.0 Å². The molecule has 0 aliphatic carbocycles. The van der Waals surface area contributed by atoms with Gasteiger partial charge in [-0.2, -0.15) is 0 Å². The van der Waals surface area contributed by atoms with E-state index in [1.165, 1.54) is 16.5 Å². The molecule has 2 saturated heterocycles. The van der Waals surface area contributed by atoms with E-state index in [1.54, 1.807) is 7.11 Å². The van der Waals surface area contributed by atoms with E-state index >= 15 is 0 Å². The number of aliphatic hydroxyl groups excluding tert-OH is 1. The highest BCUT2D eigenvalue weighted by Crippen LogP contribution is 2.28. The monoisotopic (exact) mass is 343 g/mol. The van der Waals surface area contributed by atoms with Crippen molar-refractivity contribution in [3.8, 4) is 0 Å². The standard InChI is InChI=1S/C20H29N3O2/c1-15-10-23-14-18(24)9-17(23)13-22(15)12-16-11-21(7-8-25-2)20-6-4-3-5-19(16)20/h3-6,11,15,17-18,24H,7-10,12-14H2,1-2H3/t15-,17-,18+/m0/s1. The van der Waals surface area contributed by atoms with Crippen LogP contribution in [-0.4, -0.2) is 71.0 Å². The second-order valence-corrected chi connectivity index (χ2v) is 7.63. The number of aromatic nitrogens is 1. The van der Waals surface area contributed by atoms with Gasteiger partial charge >= 0.3 is 0 Å². The lowest BCUT2D eigenvalue weighted by molar-refractivity contribution is 0.0531. The molecule has 136 valence electrons.